The Hall–Kier alpha value is -1.88. The summed E-state index contributed by atoms with van der Waals surface area (Å²) in [5, 5.41) is 0. The van der Waals surface area contributed by atoms with Gasteiger partial charge in [0.05, 0.1) is 16.5 Å². The van der Waals surface area contributed by atoms with Gasteiger partial charge in [0.15, 0.2) is 0 Å². The van der Waals surface area contributed by atoms with Gasteiger partial charge < -0.3 is 9.64 Å². The highest BCUT2D eigenvalue weighted by atomic mass is 79.9. The summed E-state index contributed by atoms with van der Waals surface area (Å²) in [5.74, 6) is 1.03. The minimum Gasteiger partial charge on any atom is -0.457 e. The third kappa shape index (κ3) is 5.30. The molecule has 0 saturated carbocycles. The summed E-state index contributed by atoms with van der Waals surface area (Å²) >= 11 is 3.18. The van der Waals surface area contributed by atoms with Crippen LogP contribution in [0.1, 0.15) is 31.4 Å². The van der Waals surface area contributed by atoms with Gasteiger partial charge in [-0.2, -0.15) is 0 Å². The van der Waals surface area contributed by atoms with Crippen LogP contribution >= 0.6 is 15.9 Å². The molecule has 2 aromatic rings. The molecule has 0 fully saturated rings. The summed E-state index contributed by atoms with van der Waals surface area (Å²) in [6.07, 6.45) is 3.00. The van der Waals surface area contributed by atoms with Crippen molar-refractivity contribution >= 4 is 28.0 Å². The van der Waals surface area contributed by atoms with Crippen LogP contribution in [0.15, 0.2) is 39.8 Å². The smallest absolute Gasteiger partial charge is 0.137 e. The van der Waals surface area contributed by atoms with E-state index in [2.05, 4.69) is 39.7 Å². The Kier molecular flexibility index (Phi) is 7.00. The largest absolute Gasteiger partial charge is 0.457 e. The van der Waals surface area contributed by atoms with E-state index in [9.17, 15) is 4.39 Å². The van der Waals surface area contributed by atoms with E-state index in [0.717, 1.165) is 42.1 Å². The van der Waals surface area contributed by atoms with Crippen LogP contribution in [0.25, 0.3) is 0 Å². The van der Waals surface area contributed by atoms with E-state index >= 15 is 0 Å². The van der Waals surface area contributed by atoms with E-state index in [-0.39, 0.29) is 5.82 Å². The van der Waals surface area contributed by atoms with Gasteiger partial charge in [-0.25, -0.2) is 9.38 Å². The van der Waals surface area contributed by atoms with E-state index in [1.807, 2.05) is 32.3 Å². The van der Waals surface area contributed by atoms with E-state index < -0.39 is 0 Å². The van der Waals surface area contributed by atoms with Crippen LogP contribution < -0.4 is 4.74 Å². The fraction of sp³-hybridized carbons (Fsp3) is 0.350. The molecule has 2 rings (SSSR count). The molecule has 0 bridgehead atoms. The molecule has 0 heterocycles. The Morgan fingerprint density at radius 2 is 1.92 bits per heavy atom. The van der Waals surface area contributed by atoms with Crippen molar-refractivity contribution in [1.82, 2.24) is 4.90 Å². The Morgan fingerprint density at radius 1 is 1.16 bits per heavy atom. The van der Waals surface area contributed by atoms with Gasteiger partial charge in [0.1, 0.15) is 17.3 Å². The quantitative estimate of drug-likeness (QED) is 0.393. The molecule has 0 spiro atoms. The normalized spacial score (nSPS) is 11.1. The van der Waals surface area contributed by atoms with Crippen LogP contribution in [-0.4, -0.2) is 24.3 Å². The first-order valence-corrected chi connectivity index (χ1v) is 9.26. The molecule has 2 aromatic carbocycles. The standard InChI is InChI=1S/C20H24BrFN2O/c1-5-9-24(6-2)13-23-19-10-15(4)20(11-14(19)3)25-16-7-8-18(22)17(21)12-16/h7-8,10-13H,5-6,9H2,1-4H3/b23-13+. The topological polar surface area (TPSA) is 24.8 Å². The molecule has 3 nitrogen and oxygen atoms in total. The molecule has 0 aliphatic carbocycles. The molecule has 0 aliphatic heterocycles. The van der Waals surface area contributed by atoms with Crippen LogP contribution in [0, 0.1) is 19.7 Å². The first kappa shape index (κ1) is 19.4. The zero-order valence-corrected chi connectivity index (χ0v) is 16.7. The molecule has 25 heavy (non-hydrogen) atoms. The third-order valence-corrected chi connectivity index (χ3v) is 4.50. The molecule has 5 heteroatoms. The zero-order chi connectivity index (χ0) is 18.4. The molecule has 0 N–H and O–H groups in total. The Bertz CT molecular complexity index is 762. The minimum absolute atomic E-state index is 0.308. The van der Waals surface area contributed by atoms with Crippen molar-refractivity contribution in [3.63, 3.8) is 0 Å². The molecule has 0 atom stereocenters. The van der Waals surface area contributed by atoms with Crippen LogP contribution in [0.5, 0.6) is 11.5 Å². The summed E-state index contributed by atoms with van der Waals surface area (Å²) in [6.45, 7) is 10.2. The fourth-order valence-electron chi connectivity index (χ4n) is 2.42. The Morgan fingerprint density at radius 3 is 2.56 bits per heavy atom. The lowest BCUT2D eigenvalue weighted by Crippen LogP contribution is -2.21. The number of hydrogen-bond acceptors (Lipinski definition) is 2. The second-order valence-corrected chi connectivity index (χ2v) is 6.81. The lowest BCUT2D eigenvalue weighted by molar-refractivity contribution is 0.452. The maximum atomic E-state index is 13.3. The van der Waals surface area contributed by atoms with Gasteiger partial charge >= 0.3 is 0 Å². The van der Waals surface area contributed by atoms with Gasteiger partial charge in [0.2, 0.25) is 0 Å². The lowest BCUT2D eigenvalue weighted by Gasteiger charge is -2.16. The summed E-state index contributed by atoms with van der Waals surface area (Å²) in [5.41, 5.74) is 2.95. The van der Waals surface area contributed by atoms with Gasteiger partial charge in [-0.1, -0.05) is 6.92 Å². The molecular weight excluding hydrogens is 383 g/mol. The molecule has 0 saturated heterocycles. The summed E-state index contributed by atoms with van der Waals surface area (Å²) < 4.78 is 19.6. The van der Waals surface area contributed by atoms with Crippen LogP contribution in [0.3, 0.4) is 0 Å². The van der Waals surface area contributed by atoms with E-state index in [1.54, 1.807) is 12.1 Å². The lowest BCUT2D eigenvalue weighted by atomic mass is 10.1. The van der Waals surface area contributed by atoms with Crippen molar-refractivity contribution in [2.75, 3.05) is 13.1 Å². The predicted molar refractivity (Wildman–Crippen MR) is 106 cm³/mol. The second-order valence-electron chi connectivity index (χ2n) is 5.96. The Labute approximate surface area is 157 Å². The van der Waals surface area contributed by atoms with Crippen LogP contribution in [-0.2, 0) is 0 Å². The maximum Gasteiger partial charge on any atom is 0.137 e. The summed E-state index contributed by atoms with van der Waals surface area (Å²) in [7, 11) is 0. The predicted octanol–water partition coefficient (Wildman–Crippen LogP) is 6.39. The highest BCUT2D eigenvalue weighted by Gasteiger charge is 2.08. The average molecular weight is 407 g/mol. The molecule has 0 amide bonds. The molecule has 0 unspecified atom stereocenters. The summed E-state index contributed by atoms with van der Waals surface area (Å²) in [4.78, 5) is 6.81. The van der Waals surface area contributed by atoms with E-state index in [4.69, 9.17) is 4.74 Å². The van der Waals surface area contributed by atoms with Gasteiger partial charge in [-0.3, -0.25) is 0 Å². The number of ether oxygens (including phenoxy) is 1. The number of hydrogen-bond donors (Lipinski definition) is 0. The molecule has 134 valence electrons. The van der Waals surface area contributed by atoms with Gasteiger partial charge in [-0.05, 0) is 84.6 Å². The third-order valence-electron chi connectivity index (χ3n) is 3.89. The number of nitrogens with zero attached hydrogens (tertiary/aromatic N) is 2. The van der Waals surface area contributed by atoms with Gasteiger partial charge in [-0.15, -0.1) is 0 Å². The number of aryl methyl sites for hydroxylation is 2. The first-order valence-electron chi connectivity index (χ1n) is 8.47. The van der Waals surface area contributed by atoms with Gasteiger partial charge in [0, 0.05) is 13.1 Å². The molecular formula is C20H24BrFN2O. The second kappa shape index (κ2) is 8.99. The Balaban J connectivity index is 2.21. The minimum atomic E-state index is -0.308. The summed E-state index contributed by atoms with van der Waals surface area (Å²) in [6, 6.07) is 8.60. The number of benzene rings is 2. The highest BCUT2D eigenvalue weighted by Crippen LogP contribution is 2.32. The number of halogens is 2. The number of rotatable bonds is 7. The van der Waals surface area contributed by atoms with Gasteiger partial charge in [0.25, 0.3) is 0 Å². The van der Waals surface area contributed by atoms with E-state index in [1.165, 1.54) is 6.07 Å². The van der Waals surface area contributed by atoms with E-state index in [0.29, 0.717) is 10.2 Å². The van der Waals surface area contributed by atoms with Crippen molar-refractivity contribution < 1.29 is 9.13 Å². The monoisotopic (exact) mass is 406 g/mol. The fourth-order valence-corrected chi connectivity index (χ4v) is 2.78. The van der Waals surface area contributed by atoms with Crippen molar-refractivity contribution in [3.8, 4) is 11.5 Å². The average Bonchev–Trinajstić information content (AvgIpc) is 2.58. The maximum absolute atomic E-state index is 13.3. The van der Waals surface area contributed by atoms with Crippen molar-refractivity contribution in [2.24, 2.45) is 4.99 Å². The van der Waals surface area contributed by atoms with Crippen molar-refractivity contribution in [1.29, 1.82) is 0 Å². The molecule has 0 radical (unpaired) electrons. The molecule has 0 aliphatic rings. The SMILES string of the molecule is CCCN(/C=N/c1cc(C)c(Oc2ccc(F)c(Br)c2)cc1C)CC. The van der Waals surface area contributed by atoms with Crippen LogP contribution in [0.2, 0.25) is 0 Å². The number of aliphatic imine (C=N–C) groups is 1. The first-order chi connectivity index (χ1) is 11.9. The van der Waals surface area contributed by atoms with Crippen molar-refractivity contribution in [2.45, 2.75) is 34.1 Å². The highest BCUT2D eigenvalue weighted by molar-refractivity contribution is 9.10. The van der Waals surface area contributed by atoms with Crippen LogP contribution in [0.4, 0.5) is 10.1 Å². The zero-order valence-electron chi connectivity index (χ0n) is 15.1. The van der Waals surface area contributed by atoms with Crippen molar-refractivity contribution in [3.05, 3.63) is 51.7 Å². The molecule has 0 aromatic heterocycles.